The molecule has 0 atom stereocenters. The fourth-order valence-corrected chi connectivity index (χ4v) is 1.72. The van der Waals surface area contributed by atoms with E-state index in [2.05, 4.69) is 6.58 Å². The van der Waals surface area contributed by atoms with Crippen molar-refractivity contribution in [3.8, 4) is 17.2 Å². The third-order valence-corrected chi connectivity index (χ3v) is 2.71. The summed E-state index contributed by atoms with van der Waals surface area (Å²) in [7, 11) is 4.73. The molecule has 0 aliphatic rings. The zero-order chi connectivity index (χ0) is 13.5. The molecule has 0 saturated heterocycles. The van der Waals surface area contributed by atoms with E-state index in [9.17, 15) is 0 Å². The minimum atomic E-state index is 0.156. The summed E-state index contributed by atoms with van der Waals surface area (Å²) in [6.07, 6.45) is 1.42. The lowest BCUT2D eigenvalue weighted by molar-refractivity contribution is 0.290. The van der Waals surface area contributed by atoms with Gasteiger partial charge in [-0.3, -0.25) is 0 Å². The molecule has 0 amide bonds. The van der Waals surface area contributed by atoms with E-state index < -0.39 is 0 Å². The van der Waals surface area contributed by atoms with Crippen LogP contribution in [0.5, 0.6) is 17.2 Å². The van der Waals surface area contributed by atoms with Crippen molar-refractivity contribution in [2.24, 2.45) is 0 Å². The summed E-state index contributed by atoms with van der Waals surface area (Å²) >= 11 is 0. The maximum atomic E-state index is 8.84. The Morgan fingerprint density at radius 1 is 1.11 bits per heavy atom. The van der Waals surface area contributed by atoms with Crippen LogP contribution in [0, 0.1) is 0 Å². The molecule has 1 rings (SSSR count). The summed E-state index contributed by atoms with van der Waals surface area (Å²) in [6, 6.07) is 3.72. The van der Waals surface area contributed by atoms with Gasteiger partial charge in [-0.2, -0.15) is 0 Å². The molecule has 0 fully saturated rings. The van der Waals surface area contributed by atoms with Crippen molar-refractivity contribution in [2.75, 3.05) is 27.9 Å². The van der Waals surface area contributed by atoms with Crippen LogP contribution in [-0.4, -0.2) is 33.0 Å². The second-order valence-electron chi connectivity index (χ2n) is 3.84. The van der Waals surface area contributed by atoms with Crippen LogP contribution < -0.4 is 14.2 Å². The zero-order valence-electron chi connectivity index (χ0n) is 11.2. The smallest absolute Gasteiger partial charge is 0.203 e. The molecule has 0 aromatic heterocycles. The number of methoxy groups -OCH3 is 3. The molecule has 100 valence electrons. The van der Waals surface area contributed by atoms with E-state index >= 15 is 0 Å². The summed E-state index contributed by atoms with van der Waals surface area (Å²) in [5.41, 5.74) is 1.86. The lowest BCUT2D eigenvalue weighted by Crippen LogP contribution is -1.97. The quantitative estimate of drug-likeness (QED) is 0.810. The fraction of sp³-hybridized carbons (Fsp3) is 0.429. The Kier molecular flexibility index (Phi) is 5.52. The Labute approximate surface area is 108 Å². The molecule has 0 radical (unpaired) electrons. The Balaban J connectivity index is 3.10. The normalized spacial score (nSPS) is 10.0. The minimum Gasteiger partial charge on any atom is -0.493 e. The topological polar surface area (TPSA) is 47.9 Å². The molecule has 0 heterocycles. The number of aliphatic hydroxyl groups is 1. The van der Waals surface area contributed by atoms with Crippen molar-refractivity contribution >= 4 is 5.57 Å². The average Bonchev–Trinajstić information content (AvgIpc) is 2.42. The number of hydrogen-bond donors (Lipinski definition) is 1. The maximum Gasteiger partial charge on any atom is 0.203 e. The predicted molar refractivity (Wildman–Crippen MR) is 71.5 cm³/mol. The monoisotopic (exact) mass is 252 g/mol. The van der Waals surface area contributed by atoms with E-state index in [1.807, 2.05) is 12.1 Å². The van der Waals surface area contributed by atoms with Gasteiger partial charge in [0.05, 0.1) is 21.3 Å². The van der Waals surface area contributed by atoms with Gasteiger partial charge in [0.25, 0.3) is 0 Å². The van der Waals surface area contributed by atoms with Crippen molar-refractivity contribution in [2.45, 2.75) is 12.8 Å². The summed E-state index contributed by atoms with van der Waals surface area (Å²) in [6.45, 7) is 4.16. The molecule has 1 N–H and O–H groups in total. The number of ether oxygens (including phenoxy) is 3. The first-order valence-electron chi connectivity index (χ1n) is 5.77. The number of aliphatic hydroxyl groups excluding tert-OH is 1. The van der Waals surface area contributed by atoms with Crippen molar-refractivity contribution in [1.29, 1.82) is 0 Å². The van der Waals surface area contributed by atoms with Gasteiger partial charge in [0, 0.05) is 6.61 Å². The standard InChI is InChI=1S/C14H20O4/c1-10(6-5-7-15)11-8-12(16-2)14(18-4)13(9-11)17-3/h8-9,15H,1,5-7H2,2-4H3. The predicted octanol–water partition coefficient (Wildman–Crippen LogP) is 2.50. The van der Waals surface area contributed by atoms with Crippen LogP contribution in [0.15, 0.2) is 18.7 Å². The van der Waals surface area contributed by atoms with Crippen molar-refractivity contribution in [3.63, 3.8) is 0 Å². The molecular weight excluding hydrogens is 232 g/mol. The third kappa shape index (κ3) is 3.17. The number of allylic oxidation sites excluding steroid dienone is 1. The molecule has 0 saturated carbocycles. The van der Waals surface area contributed by atoms with Crippen LogP contribution in [0.2, 0.25) is 0 Å². The summed E-state index contributed by atoms with van der Waals surface area (Å²) in [5, 5.41) is 8.84. The van der Waals surface area contributed by atoms with Gasteiger partial charge < -0.3 is 19.3 Å². The van der Waals surface area contributed by atoms with E-state index in [1.165, 1.54) is 0 Å². The van der Waals surface area contributed by atoms with E-state index in [0.29, 0.717) is 23.7 Å². The first-order valence-corrected chi connectivity index (χ1v) is 5.77. The highest BCUT2D eigenvalue weighted by Gasteiger charge is 2.14. The molecule has 1 aromatic carbocycles. The van der Waals surface area contributed by atoms with E-state index in [0.717, 1.165) is 17.6 Å². The molecule has 0 aliphatic heterocycles. The second kappa shape index (κ2) is 6.91. The fourth-order valence-electron chi connectivity index (χ4n) is 1.72. The molecule has 0 bridgehead atoms. The van der Waals surface area contributed by atoms with Crippen molar-refractivity contribution in [1.82, 2.24) is 0 Å². The highest BCUT2D eigenvalue weighted by atomic mass is 16.5. The van der Waals surface area contributed by atoms with Gasteiger partial charge in [0.1, 0.15) is 0 Å². The zero-order valence-corrected chi connectivity index (χ0v) is 11.2. The molecular formula is C14H20O4. The van der Waals surface area contributed by atoms with Crippen LogP contribution >= 0.6 is 0 Å². The summed E-state index contributed by atoms with van der Waals surface area (Å²) < 4.78 is 15.8. The number of benzene rings is 1. The van der Waals surface area contributed by atoms with Gasteiger partial charge in [-0.1, -0.05) is 6.58 Å². The Hall–Kier alpha value is -1.68. The summed E-state index contributed by atoms with van der Waals surface area (Å²) in [4.78, 5) is 0. The lowest BCUT2D eigenvalue weighted by Gasteiger charge is -2.15. The number of hydrogen-bond acceptors (Lipinski definition) is 4. The average molecular weight is 252 g/mol. The largest absolute Gasteiger partial charge is 0.493 e. The molecule has 4 heteroatoms. The molecule has 4 nitrogen and oxygen atoms in total. The first kappa shape index (κ1) is 14.4. The Bertz CT molecular complexity index is 387. The second-order valence-corrected chi connectivity index (χ2v) is 3.84. The van der Waals surface area contributed by atoms with E-state index in [4.69, 9.17) is 19.3 Å². The molecule has 0 spiro atoms. The first-order chi connectivity index (χ1) is 8.67. The van der Waals surface area contributed by atoms with Gasteiger partial charge in [-0.05, 0) is 36.1 Å². The SMILES string of the molecule is C=C(CCCO)c1cc(OC)c(OC)c(OC)c1. The van der Waals surface area contributed by atoms with Crippen LogP contribution in [-0.2, 0) is 0 Å². The molecule has 0 aliphatic carbocycles. The van der Waals surface area contributed by atoms with Crippen molar-refractivity contribution < 1.29 is 19.3 Å². The highest BCUT2D eigenvalue weighted by molar-refractivity contribution is 5.69. The third-order valence-electron chi connectivity index (χ3n) is 2.71. The van der Waals surface area contributed by atoms with E-state index in [1.54, 1.807) is 21.3 Å². The molecule has 0 unspecified atom stereocenters. The molecule has 18 heavy (non-hydrogen) atoms. The van der Waals surface area contributed by atoms with Gasteiger partial charge in [0.2, 0.25) is 5.75 Å². The molecule has 1 aromatic rings. The van der Waals surface area contributed by atoms with Gasteiger partial charge in [0.15, 0.2) is 11.5 Å². The minimum absolute atomic E-state index is 0.156. The van der Waals surface area contributed by atoms with Crippen LogP contribution in [0.4, 0.5) is 0 Å². The highest BCUT2D eigenvalue weighted by Crippen LogP contribution is 2.40. The van der Waals surface area contributed by atoms with E-state index in [-0.39, 0.29) is 6.61 Å². The van der Waals surface area contributed by atoms with Gasteiger partial charge in [-0.15, -0.1) is 0 Å². The maximum absolute atomic E-state index is 8.84. The van der Waals surface area contributed by atoms with Gasteiger partial charge in [-0.25, -0.2) is 0 Å². The van der Waals surface area contributed by atoms with Gasteiger partial charge >= 0.3 is 0 Å². The Morgan fingerprint density at radius 3 is 2.06 bits per heavy atom. The van der Waals surface area contributed by atoms with Crippen LogP contribution in [0.3, 0.4) is 0 Å². The lowest BCUT2D eigenvalue weighted by atomic mass is 10.0. The van der Waals surface area contributed by atoms with Crippen LogP contribution in [0.1, 0.15) is 18.4 Å². The van der Waals surface area contributed by atoms with Crippen molar-refractivity contribution in [3.05, 3.63) is 24.3 Å². The Morgan fingerprint density at radius 2 is 1.67 bits per heavy atom. The van der Waals surface area contributed by atoms with Crippen LogP contribution in [0.25, 0.3) is 5.57 Å². The summed E-state index contributed by atoms with van der Waals surface area (Å²) in [5.74, 6) is 1.78. The number of rotatable bonds is 7.